The van der Waals surface area contributed by atoms with Crippen LogP contribution in [0.4, 0.5) is 13.2 Å². The van der Waals surface area contributed by atoms with Gasteiger partial charge in [-0.1, -0.05) is 20.8 Å². The molecule has 0 aliphatic heterocycles. The lowest BCUT2D eigenvalue weighted by Gasteiger charge is -2.62. The van der Waals surface area contributed by atoms with E-state index in [-0.39, 0.29) is 24.2 Å². The third-order valence-electron chi connectivity index (χ3n) is 10.4. The molecule has 0 unspecified atom stereocenters. The first-order chi connectivity index (χ1) is 13.5. The van der Waals surface area contributed by atoms with Gasteiger partial charge >= 0.3 is 6.18 Å². The summed E-state index contributed by atoms with van der Waals surface area (Å²) >= 11 is 0. The Morgan fingerprint density at radius 1 is 0.966 bits per heavy atom. The minimum Gasteiger partial charge on any atom is -0.384 e. The van der Waals surface area contributed by atoms with Gasteiger partial charge in [-0.3, -0.25) is 0 Å². The van der Waals surface area contributed by atoms with E-state index in [1.807, 2.05) is 0 Å². The fraction of sp³-hybridized carbons (Fsp3) is 1.00. The molecular weight excluding hydrogens is 377 g/mol. The highest BCUT2D eigenvalue weighted by Gasteiger charge is 2.65. The van der Waals surface area contributed by atoms with E-state index >= 15 is 0 Å². The normalized spacial score (nSPS) is 51.1. The number of alkyl halides is 3. The van der Waals surface area contributed by atoms with Gasteiger partial charge in [-0.25, -0.2) is 0 Å². The van der Waals surface area contributed by atoms with Crippen molar-refractivity contribution in [2.75, 3.05) is 13.7 Å². The molecule has 0 spiro atoms. The zero-order valence-electron chi connectivity index (χ0n) is 18.5. The van der Waals surface area contributed by atoms with Gasteiger partial charge in [-0.15, -0.1) is 0 Å². The van der Waals surface area contributed by atoms with Crippen LogP contribution in [0.3, 0.4) is 0 Å². The van der Waals surface area contributed by atoms with Gasteiger partial charge in [-0.2, -0.15) is 13.2 Å². The van der Waals surface area contributed by atoms with E-state index in [4.69, 9.17) is 4.74 Å². The van der Waals surface area contributed by atoms with Crippen LogP contribution in [-0.2, 0) is 4.74 Å². The number of hydrogen-bond donors (Lipinski definition) is 1. The van der Waals surface area contributed by atoms with E-state index in [0.29, 0.717) is 41.4 Å². The van der Waals surface area contributed by atoms with Crippen molar-refractivity contribution in [3.05, 3.63) is 0 Å². The first-order valence-corrected chi connectivity index (χ1v) is 11.7. The van der Waals surface area contributed by atoms with Crippen LogP contribution in [0.5, 0.6) is 0 Å². The average Bonchev–Trinajstić information content (AvgIpc) is 2.99. The van der Waals surface area contributed by atoms with Crippen LogP contribution in [0.1, 0.15) is 78.6 Å². The van der Waals surface area contributed by atoms with Crippen molar-refractivity contribution >= 4 is 0 Å². The largest absolute Gasteiger partial charge is 0.417 e. The fourth-order valence-electron chi connectivity index (χ4n) is 8.86. The summed E-state index contributed by atoms with van der Waals surface area (Å²) in [6.07, 6.45) is 2.56. The molecule has 0 heterocycles. The van der Waals surface area contributed by atoms with Crippen molar-refractivity contribution in [2.45, 2.75) is 90.3 Å². The first-order valence-electron chi connectivity index (χ1n) is 11.7. The summed E-state index contributed by atoms with van der Waals surface area (Å²) < 4.78 is 45.9. The second kappa shape index (κ2) is 7.12. The lowest BCUT2D eigenvalue weighted by molar-refractivity contribution is -0.290. The molecule has 0 saturated heterocycles. The highest BCUT2D eigenvalue weighted by atomic mass is 19.4. The predicted molar refractivity (Wildman–Crippen MR) is 107 cm³/mol. The van der Waals surface area contributed by atoms with Crippen LogP contribution < -0.4 is 0 Å². The molecule has 168 valence electrons. The quantitative estimate of drug-likeness (QED) is 0.592. The minimum absolute atomic E-state index is 0.00176. The molecule has 4 saturated carbocycles. The van der Waals surface area contributed by atoms with E-state index in [1.165, 1.54) is 19.3 Å². The average molecular weight is 417 g/mol. The molecule has 0 aromatic rings. The molecule has 0 bridgehead atoms. The number of fused-ring (bicyclic) bond motifs is 5. The van der Waals surface area contributed by atoms with Crippen molar-refractivity contribution in [1.82, 2.24) is 0 Å². The molecule has 4 aliphatic rings. The van der Waals surface area contributed by atoms with Crippen LogP contribution in [-0.4, -0.2) is 30.6 Å². The Hall–Kier alpha value is -0.290. The van der Waals surface area contributed by atoms with Gasteiger partial charge < -0.3 is 9.84 Å². The lowest BCUT2D eigenvalue weighted by atomic mass is 9.43. The molecule has 9 atom stereocenters. The molecule has 0 radical (unpaired) electrons. The molecule has 4 aliphatic carbocycles. The van der Waals surface area contributed by atoms with Gasteiger partial charge in [0.25, 0.3) is 0 Å². The molecule has 4 rings (SSSR count). The smallest absolute Gasteiger partial charge is 0.384 e. The van der Waals surface area contributed by atoms with Gasteiger partial charge in [0.2, 0.25) is 0 Å². The molecule has 5 heteroatoms. The summed E-state index contributed by atoms with van der Waals surface area (Å²) in [7, 11) is 1.79. The standard InChI is InChI=1S/C24H39F3O2/c1-15(14-29-4)18-7-8-19-17-6-5-16-13-23(28,24(25,26)27)12-11-21(16,2)20(17)9-10-22(18,19)3/h15-20,28H,5-14H2,1-4H3/t15-,16-,17+,18-,19+,20+,21+,22-,23-/m1/s1. The maximum Gasteiger partial charge on any atom is 0.417 e. The fourth-order valence-corrected chi connectivity index (χ4v) is 8.86. The number of ether oxygens (including phenoxy) is 1. The summed E-state index contributed by atoms with van der Waals surface area (Å²) in [4.78, 5) is 0. The zero-order valence-corrected chi connectivity index (χ0v) is 18.5. The van der Waals surface area contributed by atoms with Crippen LogP contribution in [0.2, 0.25) is 0 Å². The lowest BCUT2D eigenvalue weighted by Crippen LogP contribution is -2.59. The monoisotopic (exact) mass is 416 g/mol. The summed E-state index contributed by atoms with van der Waals surface area (Å²) in [6.45, 7) is 7.89. The maximum absolute atomic E-state index is 13.5. The van der Waals surface area contributed by atoms with Crippen LogP contribution >= 0.6 is 0 Å². The van der Waals surface area contributed by atoms with Gasteiger partial charge in [0, 0.05) is 13.7 Å². The van der Waals surface area contributed by atoms with Crippen molar-refractivity contribution in [1.29, 1.82) is 0 Å². The highest BCUT2D eigenvalue weighted by Crippen LogP contribution is 2.69. The molecule has 4 fully saturated rings. The van der Waals surface area contributed by atoms with Gasteiger partial charge in [0.1, 0.15) is 0 Å². The first kappa shape index (κ1) is 21.9. The van der Waals surface area contributed by atoms with E-state index in [0.717, 1.165) is 25.9 Å². The summed E-state index contributed by atoms with van der Waals surface area (Å²) in [5.74, 6) is 3.13. The predicted octanol–water partition coefficient (Wildman–Crippen LogP) is 6.22. The Kier molecular flexibility index (Phi) is 5.38. The number of halogens is 3. The topological polar surface area (TPSA) is 29.5 Å². The Morgan fingerprint density at radius 3 is 2.31 bits per heavy atom. The molecule has 0 amide bonds. The molecule has 0 aromatic carbocycles. The van der Waals surface area contributed by atoms with Crippen LogP contribution in [0.25, 0.3) is 0 Å². The van der Waals surface area contributed by atoms with Crippen molar-refractivity contribution in [3.63, 3.8) is 0 Å². The van der Waals surface area contributed by atoms with Crippen molar-refractivity contribution < 1.29 is 23.0 Å². The van der Waals surface area contributed by atoms with Crippen LogP contribution in [0, 0.1) is 46.3 Å². The number of aliphatic hydroxyl groups is 1. The Balaban J connectivity index is 1.55. The molecular formula is C24H39F3O2. The Labute approximate surface area is 174 Å². The van der Waals surface area contributed by atoms with E-state index in [1.54, 1.807) is 7.11 Å². The van der Waals surface area contributed by atoms with Crippen LogP contribution in [0.15, 0.2) is 0 Å². The summed E-state index contributed by atoms with van der Waals surface area (Å²) in [6, 6.07) is 0. The molecule has 1 N–H and O–H groups in total. The second-order valence-corrected chi connectivity index (χ2v) is 11.6. The second-order valence-electron chi connectivity index (χ2n) is 11.6. The van der Waals surface area contributed by atoms with Gasteiger partial charge in [0.15, 0.2) is 5.60 Å². The SMILES string of the molecule is COC[C@@H](C)[C@H]1CC[C@H]2[C@@H]3CC[C@@H]4C[C@@](O)(C(F)(F)F)CC[C@]4(C)[C@H]3CC[C@]12C. The highest BCUT2D eigenvalue weighted by molar-refractivity contribution is 5.11. The minimum atomic E-state index is -4.51. The van der Waals surface area contributed by atoms with Gasteiger partial charge in [-0.05, 0) is 104 Å². The summed E-state index contributed by atoms with van der Waals surface area (Å²) in [5.41, 5.74) is -2.16. The molecule has 2 nitrogen and oxygen atoms in total. The molecule has 29 heavy (non-hydrogen) atoms. The van der Waals surface area contributed by atoms with E-state index < -0.39 is 11.8 Å². The Morgan fingerprint density at radius 2 is 1.66 bits per heavy atom. The zero-order chi connectivity index (χ0) is 21.2. The number of methoxy groups -OCH3 is 1. The van der Waals surface area contributed by atoms with Crippen molar-refractivity contribution in [2.24, 2.45) is 46.3 Å². The third-order valence-corrected chi connectivity index (χ3v) is 10.4. The Bertz CT molecular complexity index is 622. The van der Waals surface area contributed by atoms with E-state index in [2.05, 4.69) is 20.8 Å². The molecule has 0 aromatic heterocycles. The number of hydrogen-bond acceptors (Lipinski definition) is 2. The maximum atomic E-state index is 13.5. The third kappa shape index (κ3) is 3.20. The van der Waals surface area contributed by atoms with E-state index in [9.17, 15) is 18.3 Å². The summed E-state index contributed by atoms with van der Waals surface area (Å²) in [5, 5.41) is 10.4. The van der Waals surface area contributed by atoms with Gasteiger partial charge in [0.05, 0.1) is 0 Å². The van der Waals surface area contributed by atoms with Crippen molar-refractivity contribution in [3.8, 4) is 0 Å². The number of rotatable bonds is 3.